The van der Waals surface area contributed by atoms with E-state index in [4.69, 9.17) is 11.6 Å². The van der Waals surface area contributed by atoms with Gasteiger partial charge < -0.3 is 5.32 Å². The van der Waals surface area contributed by atoms with Gasteiger partial charge in [0.1, 0.15) is 0 Å². The fraction of sp³-hybridized carbons (Fsp3) is 0.533. The third kappa shape index (κ3) is 4.23. The number of halogens is 1. The quantitative estimate of drug-likeness (QED) is 0.895. The second-order valence-corrected chi connectivity index (χ2v) is 8.51. The fourth-order valence-electron chi connectivity index (χ4n) is 2.56. The maximum absolute atomic E-state index is 12.5. The molecule has 1 fully saturated rings. The van der Waals surface area contributed by atoms with Crippen LogP contribution in [0, 0.1) is 12.8 Å². The molecule has 1 N–H and O–H groups in total. The smallest absolute Gasteiger partial charge is 0.281 e. The topological polar surface area (TPSA) is 69.7 Å². The summed E-state index contributed by atoms with van der Waals surface area (Å²) in [4.78, 5) is 12.5. The Labute approximate surface area is 142 Å². The van der Waals surface area contributed by atoms with Crippen molar-refractivity contribution in [2.24, 2.45) is 5.92 Å². The highest BCUT2D eigenvalue weighted by Gasteiger charge is 2.33. The zero-order valence-electron chi connectivity index (χ0n) is 13.5. The molecule has 0 radical (unpaired) electrons. The van der Waals surface area contributed by atoms with E-state index in [0.717, 1.165) is 5.56 Å². The number of aryl methyl sites for hydroxylation is 1. The molecule has 6 nitrogen and oxygen atoms in total. The molecule has 1 aliphatic heterocycles. The van der Waals surface area contributed by atoms with Crippen LogP contribution in [-0.2, 0) is 15.0 Å². The van der Waals surface area contributed by atoms with E-state index < -0.39 is 10.2 Å². The van der Waals surface area contributed by atoms with E-state index in [1.54, 1.807) is 12.1 Å². The second kappa shape index (κ2) is 7.17. The van der Waals surface area contributed by atoms with Gasteiger partial charge in [0.2, 0.25) is 5.91 Å². The van der Waals surface area contributed by atoms with E-state index in [0.29, 0.717) is 30.1 Å². The van der Waals surface area contributed by atoms with Gasteiger partial charge in [0.15, 0.2) is 0 Å². The summed E-state index contributed by atoms with van der Waals surface area (Å²) in [5, 5.41) is 3.41. The van der Waals surface area contributed by atoms with Gasteiger partial charge >= 0.3 is 0 Å². The van der Waals surface area contributed by atoms with Gasteiger partial charge in [-0.25, -0.2) is 0 Å². The van der Waals surface area contributed by atoms with Crippen molar-refractivity contribution in [1.29, 1.82) is 0 Å². The molecule has 1 saturated heterocycles. The average Bonchev–Trinajstić information content (AvgIpc) is 2.50. The minimum Gasteiger partial charge on any atom is -0.326 e. The molecule has 128 valence electrons. The van der Waals surface area contributed by atoms with Gasteiger partial charge in [-0.3, -0.25) is 4.79 Å². The number of carbonyl (C=O) groups excluding carboxylic acids is 1. The van der Waals surface area contributed by atoms with E-state index in [2.05, 4.69) is 5.32 Å². The first kappa shape index (κ1) is 18.2. The molecule has 0 spiro atoms. The predicted molar refractivity (Wildman–Crippen MR) is 91.7 cm³/mol. The van der Waals surface area contributed by atoms with Gasteiger partial charge in [-0.1, -0.05) is 17.7 Å². The Balaban J connectivity index is 2.09. The molecule has 1 aromatic rings. The number of rotatable bonds is 4. The van der Waals surface area contributed by atoms with E-state index >= 15 is 0 Å². The van der Waals surface area contributed by atoms with Crippen LogP contribution >= 0.6 is 11.6 Å². The summed E-state index contributed by atoms with van der Waals surface area (Å²) in [6.07, 6.45) is 1.34. The first-order valence-electron chi connectivity index (χ1n) is 7.46. The maximum atomic E-state index is 12.5. The lowest BCUT2D eigenvalue weighted by atomic mass is 9.98. The van der Waals surface area contributed by atoms with Crippen molar-refractivity contribution < 1.29 is 13.2 Å². The van der Waals surface area contributed by atoms with Crippen molar-refractivity contribution >= 4 is 33.4 Å². The van der Waals surface area contributed by atoms with Crippen molar-refractivity contribution in [3.05, 3.63) is 28.8 Å². The Morgan fingerprint density at radius 2 is 2.09 bits per heavy atom. The third-order valence-corrected chi connectivity index (χ3v) is 6.14. The summed E-state index contributed by atoms with van der Waals surface area (Å²) < 4.78 is 27.0. The molecule has 0 unspecified atom stereocenters. The fourth-order valence-corrected chi connectivity index (χ4v) is 3.92. The number of anilines is 1. The molecule has 23 heavy (non-hydrogen) atoms. The van der Waals surface area contributed by atoms with Crippen LogP contribution < -0.4 is 5.32 Å². The molecule has 1 aliphatic rings. The Bertz CT molecular complexity index is 691. The van der Waals surface area contributed by atoms with Gasteiger partial charge in [0, 0.05) is 37.9 Å². The normalized spacial score (nSPS) is 19.8. The summed E-state index contributed by atoms with van der Waals surface area (Å²) in [6.45, 7) is 2.53. The molecule has 1 aromatic carbocycles. The number of hydrogen-bond donors (Lipinski definition) is 1. The number of nitrogens with zero attached hydrogens (tertiary/aromatic N) is 2. The van der Waals surface area contributed by atoms with Crippen LogP contribution in [0.2, 0.25) is 5.02 Å². The standard InChI is InChI=1S/C15H22ClN3O3S/c1-11-6-7-13(16)9-14(11)17-15(20)12-5-4-8-19(10-12)23(21,22)18(2)3/h6-7,9,12H,4-5,8,10H2,1-3H3,(H,17,20)/t12-/m0/s1. The van der Waals surface area contributed by atoms with Crippen molar-refractivity contribution in [3.63, 3.8) is 0 Å². The highest BCUT2D eigenvalue weighted by atomic mass is 35.5. The predicted octanol–water partition coefficient (Wildman–Crippen LogP) is 2.11. The summed E-state index contributed by atoms with van der Waals surface area (Å²) in [6, 6.07) is 5.30. The van der Waals surface area contributed by atoms with E-state index in [-0.39, 0.29) is 18.4 Å². The Morgan fingerprint density at radius 1 is 1.39 bits per heavy atom. The second-order valence-electron chi connectivity index (χ2n) is 5.94. The van der Waals surface area contributed by atoms with Crippen LogP contribution in [0.5, 0.6) is 0 Å². The lowest BCUT2D eigenvalue weighted by Crippen LogP contribution is -2.47. The molecule has 1 heterocycles. The maximum Gasteiger partial charge on any atom is 0.281 e. The molecule has 0 saturated carbocycles. The van der Waals surface area contributed by atoms with Crippen molar-refractivity contribution in [2.75, 3.05) is 32.5 Å². The first-order valence-corrected chi connectivity index (χ1v) is 9.24. The number of hydrogen-bond acceptors (Lipinski definition) is 3. The van der Waals surface area contributed by atoms with Gasteiger partial charge in [0.25, 0.3) is 10.2 Å². The Kier molecular flexibility index (Phi) is 5.67. The van der Waals surface area contributed by atoms with E-state index in [1.165, 1.54) is 22.7 Å². The van der Waals surface area contributed by atoms with Crippen molar-refractivity contribution in [2.45, 2.75) is 19.8 Å². The summed E-state index contributed by atoms with van der Waals surface area (Å²) in [5.41, 5.74) is 1.58. The van der Waals surface area contributed by atoms with E-state index in [1.807, 2.05) is 13.0 Å². The molecule has 1 atom stereocenters. The lowest BCUT2D eigenvalue weighted by molar-refractivity contribution is -0.120. The van der Waals surface area contributed by atoms with Crippen molar-refractivity contribution in [3.8, 4) is 0 Å². The van der Waals surface area contributed by atoms with Gasteiger partial charge in [-0.15, -0.1) is 0 Å². The number of carbonyl (C=O) groups is 1. The van der Waals surface area contributed by atoms with E-state index in [9.17, 15) is 13.2 Å². The molecule has 1 amide bonds. The van der Waals surface area contributed by atoms with Crippen LogP contribution in [0.4, 0.5) is 5.69 Å². The van der Waals surface area contributed by atoms with Gasteiger partial charge in [-0.2, -0.15) is 17.0 Å². The number of benzene rings is 1. The summed E-state index contributed by atoms with van der Waals surface area (Å²) in [5.74, 6) is -0.536. The number of amides is 1. The Morgan fingerprint density at radius 3 is 2.74 bits per heavy atom. The number of nitrogens with one attached hydrogen (secondary N) is 1. The SMILES string of the molecule is Cc1ccc(Cl)cc1NC(=O)[C@H]1CCCN(S(=O)(=O)N(C)C)C1. The largest absolute Gasteiger partial charge is 0.326 e. The number of piperidine rings is 1. The first-order chi connectivity index (χ1) is 10.7. The zero-order chi connectivity index (χ0) is 17.2. The monoisotopic (exact) mass is 359 g/mol. The van der Waals surface area contributed by atoms with Crippen molar-refractivity contribution in [1.82, 2.24) is 8.61 Å². The minimum absolute atomic E-state index is 0.172. The van der Waals surface area contributed by atoms with Crippen LogP contribution in [0.1, 0.15) is 18.4 Å². The molecule has 8 heteroatoms. The molecule has 0 aromatic heterocycles. The highest BCUT2D eigenvalue weighted by Crippen LogP contribution is 2.24. The van der Waals surface area contributed by atoms with Crippen LogP contribution in [0.15, 0.2) is 18.2 Å². The minimum atomic E-state index is -3.49. The summed E-state index contributed by atoms with van der Waals surface area (Å²) in [7, 11) is -0.500. The van der Waals surface area contributed by atoms with Crippen LogP contribution in [0.25, 0.3) is 0 Å². The highest BCUT2D eigenvalue weighted by molar-refractivity contribution is 7.86. The molecule has 0 bridgehead atoms. The van der Waals surface area contributed by atoms with Gasteiger partial charge in [-0.05, 0) is 37.5 Å². The summed E-state index contributed by atoms with van der Waals surface area (Å²) >= 11 is 5.96. The zero-order valence-corrected chi connectivity index (χ0v) is 15.1. The Hall–Kier alpha value is -1.15. The van der Waals surface area contributed by atoms with Crippen LogP contribution in [0.3, 0.4) is 0 Å². The lowest BCUT2D eigenvalue weighted by Gasteiger charge is -2.32. The molecular weight excluding hydrogens is 338 g/mol. The average molecular weight is 360 g/mol. The van der Waals surface area contributed by atoms with Gasteiger partial charge in [0.05, 0.1) is 5.92 Å². The van der Waals surface area contributed by atoms with Crippen LogP contribution in [-0.4, -0.2) is 50.1 Å². The molecular formula is C15H22ClN3O3S. The molecule has 0 aliphatic carbocycles. The third-order valence-electron chi connectivity index (χ3n) is 4.00. The molecule has 2 rings (SSSR count).